The zero-order chi connectivity index (χ0) is 22.3. The van der Waals surface area contributed by atoms with E-state index >= 15 is 0 Å². The van der Waals surface area contributed by atoms with Crippen LogP contribution in [0.1, 0.15) is 78.3 Å². The van der Waals surface area contributed by atoms with Gasteiger partial charge in [0.05, 0.1) is 11.6 Å². The average Bonchev–Trinajstić information content (AvgIpc) is 2.97. The highest BCUT2D eigenvalue weighted by Gasteiger charge is 2.43. The number of unbranched alkanes of at least 4 members (excludes halogenated alkanes) is 3. The van der Waals surface area contributed by atoms with E-state index in [1.807, 2.05) is 38.1 Å². The standard InChI is InChI=1S/C25H38N2O3/c1-6-9-10-11-16-27-23(19-12-14-20(15-13-19)26(7-2)8-3)22(24(29)25(27)30)21(28)17-18(4)5/h12-15,18,23,29H,6-11,16-17H2,1-5H3. The molecule has 0 aromatic heterocycles. The maximum atomic E-state index is 13.0. The second-order valence-corrected chi connectivity index (χ2v) is 8.51. The molecule has 0 saturated heterocycles. The number of rotatable bonds is 12. The highest BCUT2D eigenvalue weighted by molar-refractivity contribution is 6.09. The van der Waals surface area contributed by atoms with Crippen LogP contribution in [0.3, 0.4) is 0 Å². The first-order valence-corrected chi connectivity index (χ1v) is 11.5. The molecule has 5 nitrogen and oxygen atoms in total. The summed E-state index contributed by atoms with van der Waals surface area (Å²) in [6.45, 7) is 12.7. The number of Topliss-reactive ketones (excluding diaryl/α,β-unsaturated/α-hetero) is 1. The van der Waals surface area contributed by atoms with Gasteiger partial charge in [0.1, 0.15) is 0 Å². The number of ketones is 1. The minimum atomic E-state index is -0.504. The molecule has 0 fully saturated rings. The van der Waals surface area contributed by atoms with E-state index in [0.717, 1.165) is 50.0 Å². The number of carbonyl (C=O) groups excluding carboxylic acids is 2. The lowest BCUT2D eigenvalue weighted by atomic mass is 9.92. The smallest absolute Gasteiger partial charge is 0.290 e. The summed E-state index contributed by atoms with van der Waals surface area (Å²) in [5.74, 6) is -0.757. The minimum absolute atomic E-state index is 0.135. The van der Waals surface area contributed by atoms with Crippen molar-refractivity contribution < 1.29 is 14.7 Å². The van der Waals surface area contributed by atoms with Crippen LogP contribution in [0.2, 0.25) is 0 Å². The average molecular weight is 415 g/mol. The Kier molecular flexibility index (Phi) is 8.94. The third kappa shape index (κ3) is 5.44. The molecule has 0 saturated carbocycles. The second-order valence-electron chi connectivity index (χ2n) is 8.51. The monoisotopic (exact) mass is 414 g/mol. The Bertz CT molecular complexity index is 748. The van der Waals surface area contributed by atoms with Gasteiger partial charge in [-0.25, -0.2) is 0 Å². The van der Waals surface area contributed by atoms with E-state index in [1.165, 1.54) is 0 Å². The number of aliphatic hydroxyl groups is 1. The van der Waals surface area contributed by atoms with Crippen LogP contribution in [0.25, 0.3) is 0 Å². The maximum Gasteiger partial charge on any atom is 0.290 e. The molecule has 0 spiro atoms. The normalized spacial score (nSPS) is 16.7. The lowest BCUT2D eigenvalue weighted by Crippen LogP contribution is -2.32. The summed E-state index contributed by atoms with van der Waals surface area (Å²) in [5, 5.41) is 10.6. The van der Waals surface area contributed by atoms with Crippen molar-refractivity contribution in [1.82, 2.24) is 4.90 Å². The first kappa shape index (κ1) is 24.0. The number of aliphatic hydroxyl groups excluding tert-OH is 1. The molecule has 5 heteroatoms. The molecule has 1 atom stereocenters. The van der Waals surface area contributed by atoms with Crippen LogP contribution >= 0.6 is 0 Å². The van der Waals surface area contributed by atoms with Gasteiger partial charge in [-0.3, -0.25) is 9.59 Å². The molecule has 1 amide bonds. The topological polar surface area (TPSA) is 60.9 Å². The van der Waals surface area contributed by atoms with Gasteiger partial charge in [0.2, 0.25) is 0 Å². The van der Waals surface area contributed by atoms with Gasteiger partial charge in [0.25, 0.3) is 5.91 Å². The molecule has 1 aromatic carbocycles. The van der Waals surface area contributed by atoms with Crippen molar-refractivity contribution in [3.8, 4) is 0 Å². The second kappa shape index (κ2) is 11.2. The van der Waals surface area contributed by atoms with E-state index in [9.17, 15) is 14.7 Å². The van der Waals surface area contributed by atoms with Crippen LogP contribution in [0, 0.1) is 5.92 Å². The number of carbonyl (C=O) groups is 2. The maximum absolute atomic E-state index is 13.0. The van der Waals surface area contributed by atoms with E-state index in [2.05, 4.69) is 25.7 Å². The molecule has 1 aromatic rings. The molecule has 2 rings (SSSR count). The first-order chi connectivity index (χ1) is 14.3. The van der Waals surface area contributed by atoms with Gasteiger partial charge >= 0.3 is 0 Å². The van der Waals surface area contributed by atoms with Crippen LogP contribution < -0.4 is 4.90 Å². The zero-order valence-corrected chi connectivity index (χ0v) is 19.3. The molecule has 30 heavy (non-hydrogen) atoms. The summed E-state index contributed by atoms with van der Waals surface area (Å²) in [7, 11) is 0. The van der Waals surface area contributed by atoms with E-state index in [-0.39, 0.29) is 23.0 Å². The van der Waals surface area contributed by atoms with Crippen molar-refractivity contribution in [2.75, 3.05) is 24.5 Å². The SMILES string of the molecule is CCCCCCN1C(=O)C(O)=C(C(=O)CC(C)C)C1c1ccc(N(CC)CC)cc1. The summed E-state index contributed by atoms with van der Waals surface area (Å²) in [5.41, 5.74) is 2.26. The van der Waals surface area contributed by atoms with Crippen molar-refractivity contribution in [1.29, 1.82) is 0 Å². The van der Waals surface area contributed by atoms with E-state index in [1.54, 1.807) is 4.90 Å². The Labute approximate surface area is 181 Å². The fourth-order valence-corrected chi connectivity index (χ4v) is 4.16. The zero-order valence-electron chi connectivity index (χ0n) is 19.3. The van der Waals surface area contributed by atoms with Crippen LogP contribution in [0.15, 0.2) is 35.6 Å². The van der Waals surface area contributed by atoms with E-state index in [4.69, 9.17) is 0 Å². The molecule has 1 heterocycles. The number of nitrogens with zero attached hydrogens (tertiary/aromatic N) is 2. The summed E-state index contributed by atoms with van der Waals surface area (Å²) in [4.78, 5) is 29.8. The molecule has 1 unspecified atom stereocenters. The Morgan fingerprint density at radius 3 is 2.23 bits per heavy atom. The molecule has 1 N–H and O–H groups in total. The van der Waals surface area contributed by atoms with E-state index in [0.29, 0.717) is 13.0 Å². The largest absolute Gasteiger partial charge is 0.503 e. The third-order valence-corrected chi connectivity index (χ3v) is 5.79. The summed E-state index contributed by atoms with van der Waals surface area (Å²) >= 11 is 0. The van der Waals surface area contributed by atoms with Crippen molar-refractivity contribution in [3.05, 3.63) is 41.2 Å². The predicted molar refractivity (Wildman–Crippen MR) is 123 cm³/mol. The minimum Gasteiger partial charge on any atom is -0.503 e. The Balaban J connectivity index is 2.38. The summed E-state index contributed by atoms with van der Waals surface area (Å²) in [6, 6.07) is 7.57. The van der Waals surface area contributed by atoms with E-state index < -0.39 is 11.9 Å². The van der Waals surface area contributed by atoms with Gasteiger partial charge < -0.3 is 14.9 Å². The Morgan fingerprint density at radius 1 is 1.07 bits per heavy atom. The number of hydrogen-bond acceptors (Lipinski definition) is 4. The van der Waals surface area contributed by atoms with Gasteiger partial charge in [-0.2, -0.15) is 0 Å². The summed E-state index contributed by atoms with van der Waals surface area (Å²) in [6.07, 6.45) is 4.45. The first-order valence-electron chi connectivity index (χ1n) is 11.5. The lowest BCUT2D eigenvalue weighted by molar-refractivity contribution is -0.129. The fourth-order valence-electron chi connectivity index (χ4n) is 4.16. The lowest BCUT2D eigenvalue weighted by Gasteiger charge is -2.28. The summed E-state index contributed by atoms with van der Waals surface area (Å²) < 4.78 is 0. The van der Waals surface area contributed by atoms with Gasteiger partial charge in [-0.15, -0.1) is 0 Å². The molecule has 0 bridgehead atoms. The van der Waals surface area contributed by atoms with Crippen molar-refractivity contribution >= 4 is 17.4 Å². The molecular formula is C25H38N2O3. The van der Waals surface area contributed by atoms with Crippen molar-refractivity contribution in [3.63, 3.8) is 0 Å². The predicted octanol–water partition coefficient (Wildman–Crippen LogP) is 5.42. The number of anilines is 1. The van der Waals surface area contributed by atoms with Gasteiger partial charge in [0, 0.05) is 31.7 Å². The third-order valence-electron chi connectivity index (χ3n) is 5.79. The Morgan fingerprint density at radius 2 is 1.70 bits per heavy atom. The van der Waals surface area contributed by atoms with Gasteiger partial charge in [-0.1, -0.05) is 52.2 Å². The van der Waals surface area contributed by atoms with Gasteiger partial charge in [0.15, 0.2) is 11.5 Å². The van der Waals surface area contributed by atoms with Crippen LogP contribution in [0.5, 0.6) is 0 Å². The number of benzene rings is 1. The van der Waals surface area contributed by atoms with Gasteiger partial charge in [-0.05, 0) is 43.9 Å². The molecule has 0 aliphatic carbocycles. The fraction of sp³-hybridized carbons (Fsp3) is 0.600. The molecule has 1 aliphatic heterocycles. The number of amides is 1. The Hall–Kier alpha value is -2.30. The van der Waals surface area contributed by atoms with Crippen LogP contribution in [0.4, 0.5) is 5.69 Å². The molecule has 0 radical (unpaired) electrons. The number of hydrogen-bond donors (Lipinski definition) is 1. The molecule has 1 aliphatic rings. The molecular weight excluding hydrogens is 376 g/mol. The van der Waals surface area contributed by atoms with Crippen molar-refractivity contribution in [2.24, 2.45) is 5.92 Å². The highest BCUT2D eigenvalue weighted by Crippen LogP contribution is 2.39. The van der Waals surface area contributed by atoms with Crippen molar-refractivity contribution in [2.45, 2.75) is 72.8 Å². The van der Waals surface area contributed by atoms with Crippen LogP contribution in [-0.4, -0.2) is 41.3 Å². The quantitative estimate of drug-likeness (QED) is 0.464. The molecule has 166 valence electrons. The van der Waals surface area contributed by atoms with Crippen LogP contribution in [-0.2, 0) is 9.59 Å². The highest BCUT2D eigenvalue weighted by atomic mass is 16.3.